The highest BCUT2D eigenvalue weighted by Gasteiger charge is 2.19. The molecule has 2 atom stereocenters. The molecule has 1 aliphatic rings. The van der Waals surface area contributed by atoms with Gasteiger partial charge in [-0.2, -0.15) is 0 Å². The van der Waals surface area contributed by atoms with Crippen molar-refractivity contribution in [3.63, 3.8) is 0 Å². The number of nitrogens with zero attached hydrogens (tertiary/aromatic N) is 1. The molecule has 1 N–H and O–H groups in total. The van der Waals surface area contributed by atoms with Gasteiger partial charge < -0.3 is 10.2 Å². The molecule has 1 aliphatic heterocycles. The van der Waals surface area contributed by atoms with Gasteiger partial charge in [0.25, 0.3) is 0 Å². The number of hydrogen-bond donors (Lipinski definition) is 1. The van der Waals surface area contributed by atoms with Gasteiger partial charge in [0.2, 0.25) is 0 Å². The van der Waals surface area contributed by atoms with E-state index in [4.69, 9.17) is 0 Å². The minimum atomic E-state index is 0.527. The highest BCUT2D eigenvalue weighted by Crippen LogP contribution is 2.21. The van der Waals surface area contributed by atoms with Crippen LogP contribution in [0.3, 0.4) is 0 Å². The van der Waals surface area contributed by atoms with Gasteiger partial charge in [0.05, 0.1) is 0 Å². The Morgan fingerprint density at radius 2 is 2.00 bits per heavy atom. The number of likely N-dealkylation sites (tertiary alicyclic amines) is 1. The molecular formula is C17H28N2. The van der Waals surface area contributed by atoms with Gasteiger partial charge in [0.1, 0.15) is 0 Å². The van der Waals surface area contributed by atoms with Crippen LogP contribution in [0.4, 0.5) is 0 Å². The Bertz CT molecular complexity index is 350. The lowest BCUT2D eigenvalue weighted by molar-refractivity contribution is 0.336. The van der Waals surface area contributed by atoms with Gasteiger partial charge in [-0.1, -0.05) is 43.7 Å². The van der Waals surface area contributed by atoms with E-state index in [9.17, 15) is 0 Å². The Kier molecular flexibility index (Phi) is 5.87. The van der Waals surface area contributed by atoms with Gasteiger partial charge in [0.15, 0.2) is 0 Å². The summed E-state index contributed by atoms with van der Waals surface area (Å²) in [5.74, 6) is 0. The number of nitrogens with one attached hydrogen (secondary N) is 1. The molecule has 0 bridgehead atoms. The summed E-state index contributed by atoms with van der Waals surface area (Å²) in [5, 5.41) is 3.91. The summed E-state index contributed by atoms with van der Waals surface area (Å²) in [6.07, 6.45) is 6.39. The first-order valence-corrected chi connectivity index (χ1v) is 7.79. The Balaban J connectivity index is 1.96. The molecule has 0 saturated carbocycles. The normalized spacial score (nSPS) is 22.9. The highest BCUT2D eigenvalue weighted by atomic mass is 15.1. The smallest absolute Gasteiger partial charge is 0.0322 e. The Morgan fingerprint density at radius 3 is 2.74 bits per heavy atom. The fourth-order valence-corrected chi connectivity index (χ4v) is 3.01. The van der Waals surface area contributed by atoms with E-state index in [2.05, 4.69) is 54.5 Å². The second kappa shape index (κ2) is 7.66. The molecule has 0 amide bonds. The van der Waals surface area contributed by atoms with Crippen molar-refractivity contribution in [2.45, 2.75) is 51.1 Å². The Hall–Kier alpha value is -0.860. The SMILES string of the molecule is CCCC(NC1CCCN(C)CC1)c1ccccc1. The van der Waals surface area contributed by atoms with Crippen molar-refractivity contribution in [3.05, 3.63) is 35.9 Å². The Morgan fingerprint density at radius 1 is 1.21 bits per heavy atom. The Labute approximate surface area is 118 Å². The number of hydrogen-bond acceptors (Lipinski definition) is 2. The van der Waals surface area contributed by atoms with E-state index >= 15 is 0 Å². The van der Waals surface area contributed by atoms with Crippen molar-refractivity contribution in [2.24, 2.45) is 0 Å². The molecule has 1 saturated heterocycles. The van der Waals surface area contributed by atoms with Gasteiger partial charge in [-0.3, -0.25) is 0 Å². The van der Waals surface area contributed by atoms with Gasteiger partial charge in [0, 0.05) is 12.1 Å². The zero-order valence-corrected chi connectivity index (χ0v) is 12.4. The molecule has 2 rings (SSSR count). The minimum absolute atomic E-state index is 0.527. The number of rotatable bonds is 5. The van der Waals surface area contributed by atoms with E-state index in [-0.39, 0.29) is 0 Å². The molecule has 1 aromatic carbocycles. The summed E-state index contributed by atoms with van der Waals surface area (Å²) in [7, 11) is 2.24. The topological polar surface area (TPSA) is 15.3 Å². The van der Waals surface area contributed by atoms with Crippen molar-refractivity contribution < 1.29 is 0 Å². The average Bonchev–Trinajstić information content (AvgIpc) is 2.64. The molecule has 0 spiro atoms. The third-order valence-corrected chi connectivity index (χ3v) is 4.17. The van der Waals surface area contributed by atoms with Crippen LogP contribution in [0.1, 0.15) is 50.6 Å². The van der Waals surface area contributed by atoms with Crippen LogP contribution in [0.5, 0.6) is 0 Å². The predicted molar refractivity (Wildman–Crippen MR) is 82.4 cm³/mol. The van der Waals surface area contributed by atoms with Gasteiger partial charge >= 0.3 is 0 Å². The molecule has 0 aliphatic carbocycles. The standard InChI is InChI=1S/C17H28N2/c1-3-8-17(15-9-5-4-6-10-15)18-16-11-7-13-19(2)14-12-16/h4-6,9-10,16-18H,3,7-8,11-14H2,1-2H3. The summed E-state index contributed by atoms with van der Waals surface area (Å²) >= 11 is 0. The van der Waals surface area contributed by atoms with Crippen molar-refractivity contribution in [3.8, 4) is 0 Å². The average molecular weight is 260 g/mol. The largest absolute Gasteiger partial charge is 0.307 e. The second-order valence-electron chi connectivity index (χ2n) is 5.85. The second-order valence-corrected chi connectivity index (χ2v) is 5.85. The molecular weight excluding hydrogens is 232 g/mol. The molecule has 2 nitrogen and oxygen atoms in total. The fourth-order valence-electron chi connectivity index (χ4n) is 3.01. The summed E-state index contributed by atoms with van der Waals surface area (Å²) in [4.78, 5) is 2.46. The lowest BCUT2D eigenvalue weighted by atomic mass is 9.99. The predicted octanol–water partition coefficient (Wildman–Crippen LogP) is 3.60. The van der Waals surface area contributed by atoms with Crippen molar-refractivity contribution in [1.82, 2.24) is 10.2 Å². The van der Waals surface area contributed by atoms with E-state index < -0.39 is 0 Å². The van der Waals surface area contributed by atoms with Crippen LogP contribution in [0.2, 0.25) is 0 Å². The molecule has 1 aromatic rings. The molecule has 0 radical (unpaired) electrons. The minimum Gasteiger partial charge on any atom is -0.307 e. The third kappa shape index (κ3) is 4.63. The molecule has 2 unspecified atom stereocenters. The quantitative estimate of drug-likeness (QED) is 0.870. The maximum Gasteiger partial charge on any atom is 0.0322 e. The lowest BCUT2D eigenvalue weighted by Gasteiger charge is -2.25. The van der Waals surface area contributed by atoms with Crippen molar-refractivity contribution in [1.29, 1.82) is 0 Å². The van der Waals surface area contributed by atoms with Crippen LogP contribution in [0, 0.1) is 0 Å². The molecule has 1 fully saturated rings. The van der Waals surface area contributed by atoms with Crippen LogP contribution in [0.15, 0.2) is 30.3 Å². The van der Waals surface area contributed by atoms with Crippen LogP contribution in [-0.4, -0.2) is 31.1 Å². The maximum atomic E-state index is 3.91. The molecule has 1 heterocycles. The highest BCUT2D eigenvalue weighted by molar-refractivity contribution is 5.19. The van der Waals surface area contributed by atoms with Crippen molar-refractivity contribution in [2.75, 3.05) is 20.1 Å². The van der Waals surface area contributed by atoms with Gasteiger partial charge in [-0.25, -0.2) is 0 Å². The summed E-state index contributed by atoms with van der Waals surface area (Å²) < 4.78 is 0. The van der Waals surface area contributed by atoms with E-state index in [1.165, 1.54) is 50.8 Å². The third-order valence-electron chi connectivity index (χ3n) is 4.17. The van der Waals surface area contributed by atoms with Crippen LogP contribution >= 0.6 is 0 Å². The van der Waals surface area contributed by atoms with Gasteiger partial charge in [-0.05, 0) is 51.4 Å². The first kappa shape index (κ1) is 14.5. The van der Waals surface area contributed by atoms with Crippen LogP contribution in [0.25, 0.3) is 0 Å². The zero-order valence-electron chi connectivity index (χ0n) is 12.4. The lowest BCUT2D eigenvalue weighted by Crippen LogP contribution is -2.33. The van der Waals surface area contributed by atoms with Crippen LogP contribution < -0.4 is 5.32 Å². The van der Waals surface area contributed by atoms with Crippen LogP contribution in [-0.2, 0) is 0 Å². The molecule has 2 heteroatoms. The summed E-state index contributed by atoms with van der Waals surface area (Å²) in [6.45, 7) is 4.76. The van der Waals surface area contributed by atoms with Gasteiger partial charge in [-0.15, -0.1) is 0 Å². The monoisotopic (exact) mass is 260 g/mol. The summed E-state index contributed by atoms with van der Waals surface area (Å²) in [5.41, 5.74) is 1.45. The molecule has 19 heavy (non-hydrogen) atoms. The summed E-state index contributed by atoms with van der Waals surface area (Å²) in [6, 6.07) is 12.1. The molecule has 106 valence electrons. The first-order chi connectivity index (χ1) is 9.29. The number of benzene rings is 1. The van der Waals surface area contributed by atoms with E-state index in [0.29, 0.717) is 12.1 Å². The fraction of sp³-hybridized carbons (Fsp3) is 0.647. The zero-order chi connectivity index (χ0) is 13.5. The van der Waals surface area contributed by atoms with Crippen molar-refractivity contribution >= 4 is 0 Å². The molecule has 0 aromatic heterocycles. The first-order valence-electron chi connectivity index (χ1n) is 7.79. The van der Waals surface area contributed by atoms with E-state index in [1.54, 1.807) is 0 Å². The van der Waals surface area contributed by atoms with E-state index in [0.717, 1.165) is 0 Å². The van der Waals surface area contributed by atoms with E-state index in [1.807, 2.05) is 0 Å². The maximum absolute atomic E-state index is 3.91.